The van der Waals surface area contributed by atoms with E-state index in [0.29, 0.717) is 22.5 Å². The SMILES string of the molecule is CNC(=O)c1cnc(-c2ccccc2)c(-c2ccc(=O)n(C(C)C)n2)c1. The van der Waals surface area contributed by atoms with Crippen LogP contribution in [0.25, 0.3) is 22.5 Å². The Bertz CT molecular complexity index is 994. The van der Waals surface area contributed by atoms with Gasteiger partial charge in [0.2, 0.25) is 0 Å². The van der Waals surface area contributed by atoms with Gasteiger partial charge in [0, 0.05) is 30.4 Å². The maximum absolute atomic E-state index is 12.0. The molecule has 3 rings (SSSR count). The summed E-state index contributed by atoms with van der Waals surface area (Å²) in [6, 6.07) is 14.5. The number of benzene rings is 1. The van der Waals surface area contributed by atoms with E-state index in [1.807, 2.05) is 44.2 Å². The molecule has 2 heterocycles. The lowest BCUT2D eigenvalue weighted by Gasteiger charge is -2.13. The van der Waals surface area contributed by atoms with Gasteiger partial charge in [-0.15, -0.1) is 0 Å². The van der Waals surface area contributed by atoms with Gasteiger partial charge in [-0.1, -0.05) is 30.3 Å². The molecule has 0 spiro atoms. The van der Waals surface area contributed by atoms with Gasteiger partial charge in [0.1, 0.15) is 0 Å². The highest BCUT2D eigenvalue weighted by Gasteiger charge is 2.15. The van der Waals surface area contributed by atoms with Crippen molar-refractivity contribution < 1.29 is 4.79 Å². The van der Waals surface area contributed by atoms with Gasteiger partial charge in [-0.25, -0.2) is 4.68 Å². The average molecular weight is 348 g/mol. The molecule has 1 aromatic carbocycles. The molecule has 132 valence electrons. The van der Waals surface area contributed by atoms with Crippen LogP contribution >= 0.6 is 0 Å². The monoisotopic (exact) mass is 348 g/mol. The fourth-order valence-electron chi connectivity index (χ4n) is 2.69. The van der Waals surface area contributed by atoms with Crippen molar-refractivity contribution in [3.63, 3.8) is 0 Å². The largest absolute Gasteiger partial charge is 0.355 e. The Hall–Kier alpha value is -3.28. The summed E-state index contributed by atoms with van der Waals surface area (Å²) in [6.45, 7) is 3.80. The second-order valence-electron chi connectivity index (χ2n) is 6.16. The Morgan fingerprint density at radius 1 is 1.12 bits per heavy atom. The van der Waals surface area contributed by atoms with Gasteiger partial charge >= 0.3 is 0 Å². The highest BCUT2D eigenvalue weighted by atomic mass is 16.1. The first-order valence-corrected chi connectivity index (χ1v) is 8.39. The van der Waals surface area contributed by atoms with Gasteiger partial charge in [0.05, 0.1) is 23.0 Å². The van der Waals surface area contributed by atoms with E-state index >= 15 is 0 Å². The molecule has 26 heavy (non-hydrogen) atoms. The van der Waals surface area contributed by atoms with Crippen LogP contribution in [0.15, 0.2) is 59.5 Å². The van der Waals surface area contributed by atoms with E-state index in [1.54, 1.807) is 25.4 Å². The van der Waals surface area contributed by atoms with Gasteiger partial charge in [-0.3, -0.25) is 14.6 Å². The van der Waals surface area contributed by atoms with Crippen LogP contribution in [0.5, 0.6) is 0 Å². The fraction of sp³-hybridized carbons (Fsp3) is 0.200. The molecule has 6 nitrogen and oxygen atoms in total. The Labute approximate surface area is 151 Å². The lowest BCUT2D eigenvalue weighted by molar-refractivity contribution is 0.0963. The van der Waals surface area contributed by atoms with E-state index in [1.165, 1.54) is 10.7 Å². The van der Waals surface area contributed by atoms with Crippen molar-refractivity contribution in [2.24, 2.45) is 0 Å². The topological polar surface area (TPSA) is 76.9 Å². The van der Waals surface area contributed by atoms with Crippen molar-refractivity contribution in [1.82, 2.24) is 20.1 Å². The standard InChI is InChI=1S/C20H20N4O2/c1-13(2)24-18(25)10-9-17(23-24)16-11-15(20(26)21-3)12-22-19(16)14-7-5-4-6-8-14/h4-13H,1-3H3,(H,21,26). The third-order valence-corrected chi connectivity index (χ3v) is 4.01. The normalized spacial score (nSPS) is 10.8. The molecule has 1 N–H and O–H groups in total. The summed E-state index contributed by atoms with van der Waals surface area (Å²) in [5.41, 5.74) is 3.18. The first-order valence-electron chi connectivity index (χ1n) is 8.39. The van der Waals surface area contributed by atoms with Crippen LogP contribution in [0.4, 0.5) is 0 Å². The summed E-state index contributed by atoms with van der Waals surface area (Å²) < 4.78 is 1.43. The predicted octanol–water partition coefficient (Wildman–Crippen LogP) is 2.91. The smallest absolute Gasteiger partial charge is 0.267 e. The molecule has 0 saturated carbocycles. The maximum atomic E-state index is 12.0. The van der Waals surface area contributed by atoms with Crippen molar-refractivity contribution >= 4 is 5.91 Å². The second kappa shape index (κ2) is 7.31. The fourth-order valence-corrected chi connectivity index (χ4v) is 2.69. The molecule has 0 aliphatic carbocycles. The van der Waals surface area contributed by atoms with E-state index in [0.717, 1.165) is 5.56 Å². The third kappa shape index (κ3) is 3.39. The van der Waals surface area contributed by atoms with Crippen molar-refractivity contribution in [1.29, 1.82) is 0 Å². The predicted molar refractivity (Wildman–Crippen MR) is 101 cm³/mol. The molecule has 0 aliphatic heterocycles. The lowest BCUT2D eigenvalue weighted by Crippen LogP contribution is -2.24. The van der Waals surface area contributed by atoms with E-state index < -0.39 is 0 Å². The Morgan fingerprint density at radius 3 is 2.50 bits per heavy atom. The highest BCUT2D eigenvalue weighted by Crippen LogP contribution is 2.29. The molecular weight excluding hydrogens is 328 g/mol. The molecule has 3 aromatic rings. The number of carbonyl (C=O) groups is 1. The number of rotatable bonds is 4. The number of hydrogen-bond acceptors (Lipinski definition) is 4. The van der Waals surface area contributed by atoms with Crippen LogP contribution in [0.3, 0.4) is 0 Å². The summed E-state index contributed by atoms with van der Waals surface area (Å²) in [6.07, 6.45) is 1.54. The molecule has 2 aromatic heterocycles. The number of pyridine rings is 1. The van der Waals surface area contributed by atoms with Crippen molar-refractivity contribution in [3.8, 4) is 22.5 Å². The number of nitrogens with zero attached hydrogens (tertiary/aromatic N) is 3. The highest BCUT2D eigenvalue weighted by molar-refractivity contribution is 5.96. The number of amides is 1. The van der Waals surface area contributed by atoms with E-state index in [4.69, 9.17) is 0 Å². The minimum atomic E-state index is -0.226. The second-order valence-corrected chi connectivity index (χ2v) is 6.16. The van der Waals surface area contributed by atoms with Gasteiger partial charge < -0.3 is 5.32 Å². The van der Waals surface area contributed by atoms with Crippen LogP contribution in [0.2, 0.25) is 0 Å². The molecular formula is C20H20N4O2. The molecule has 0 radical (unpaired) electrons. The van der Waals surface area contributed by atoms with E-state index in [-0.39, 0.29) is 17.5 Å². The third-order valence-electron chi connectivity index (χ3n) is 4.01. The Balaban J connectivity index is 2.25. The molecule has 0 bridgehead atoms. The summed E-state index contributed by atoms with van der Waals surface area (Å²) in [4.78, 5) is 28.6. The summed E-state index contributed by atoms with van der Waals surface area (Å²) in [5.74, 6) is -0.226. The van der Waals surface area contributed by atoms with Crippen molar-refractivity contribution in [2.45, 2.75) is 19.9 Å². The van der Waals surface area contributed by atoms with Crippen LogP contribution in [-0.2, 0) is 0 Å². The van der Waals surface area contributed by atoms with Gasteiger partial charge in [0.15, 0.2) is 0 Å². The molecule has 0 unspecified atom stereocenters. The summed E-state index contributed by atoms with van der Waals surface area (Å²) in [5, 5.41) is 7.09. The summed E-state index contributed by atoms with van der Waals surface area (Å²) >= 11 is 0. The zero-order valence-corrected chi connectivity index (χ0v) is 14.9. The van der Waals surface area contributed by atoms with Crippen LogP contribution in [0.1, 0.15) is 30.2 Å². The number of carbonyl (C=O) groups excluding carboxylic acids is 1. The maximum Gasteiger partial charge on any atom is 0.267 e. The molecule has 0 fully saturated rings. The zero-order chi connectivity index (χ0) is 18.7. The van der Waals surface area contributed by atoms with E-state index in [2.05, 4.69) is 15.4 Å². The first kappa shape index (κ1) is 17.5. The molecule has 0 atom stereocenters. The van der Waals surface area contributed by atoms with Crippen molar-refractivity contribution in [2.75, 3.05) is 7.05 Å². The lowest BCUT2D eigenvalue weighted by atomic mass is 10.0. The number of aromatic nitrogens is 3. The Morgan fingerprint density at radius 2 is 1.85 bits per heavy atom. The van der Waals surface area contributed by atoms with Crippen LogP contribution in [-0.4, -0.2) is 27.7 Å². The molecule has 0 saturated heterocycles. The minimum absolute atomic E-state index is 0.0716. The van der Waals surface area contributed by atoms with Gasteiger partial charge in [0.25, 0.3) is 11.5 Å². The number of nitrogens with one attached hydrogen (secondary N) is 1. The van der Waals surface area contributed by atoms with Crippen molar-refractivity contribution in [3.05, 3.63) is 70.6 Å². The van der Waals surface area contributed by atoms with Crippen LogP contribution in [0, 0.1) is 0 Å². The quantitative estimate of drug-likeness (QED) is 0.786. The summed E-state index contributed by atoms with van der Waals surface area (Å²) in [7, 11) is 1.57. The molecule has 6 heteroatoms. The Kier molecular flexibility index (Phi) is 4.93. The number of hydrogen-bond donors (Lipinski definition) is 1. The van der Waals surface area contributed by atoms with Gasteiger partial charge in [-0.05, 0) is 26.0 Å². The first-order chi connectivity index (χ1) is 12.5. The zero-order valence-electron chi connectivity index (χ0n) is 14.9. The molecule has 1 amide bonds. The molecule has 0 aliphatic rings. The van der Waals surface area contributed by atoms with Gasteiger partial charge in [-0.2, -0.15) is 5.10 Å². The van der Waals surface area contributed by atoms with E-state index in [9.17, 15) is 9.59 Å². The minimum Gasteiger partial charge on any atom is -0.355 e. The van der Waals surface area contributed by atoms with Crippen LogP contribution < -0.4 is 10.9 Å². The average Bonchev–Trinajstić information content (AvgIpc) is 2.67.